The molecule has 0 spiro atoms. The number of fused-ring (bicyclic) bond motifs is 1. The Morgan fingerprint density at radius 2 is 1.96 bits per heavy atom. The van der Waals surface area contributed by atoms with Crippen LogP contribution in [0, 0.1) is 5.82 Å². The van der Waals surface area contributed by atoms with E-state index in [2.05, 4.69) is 20.9 Å². The predicted molar refractivity (Wildman–Crippen MR) is 108 cm³/mol. The van der Waals surface area contributed by atoms with Gasteiger partial charge in [0.2, 0.25) is 0 Å². The molecule has 4 nitrogen and oxygen atoms in total. The minimum Gasteiger partial charge on any atom is -0.315 e. The standard InChI is InChI=1S/C18H16BrFN2O2S2/c19-13-7-6-12(15(20)8-13)9-25-18-21-16-10-26(23,24)11-17(16)22(18)14-4-2-1-3-5-14/h1-8,16-17H,9-11H2/t16-,17-/m0/s1. The lowest BCUT2D eigenvalue weighted by atomic mass is 10.1. The van der Waals surface area contributed by atoms with Gasteiger partial charge < -0.3 is 4.90 Å². The Morgan fingerprint density at radius 1 is 1.19 bits per heavy atom. The van der Waals surface area contributed by atoms with Crippen LogP contribution in [-0.2, 0) is 15.6 Å². The maximum Gasteiger partial charge on any atom is 0.164 e. The average Bonchev–Trinajstić information content (AvgIpc) is 3.06. The highest BCUT2D eigenvalue weighted by Crippen LogP contribution is 2.36. The molecule has 2 atom stereocenters. The molecular formula is C18H16BrFN2O2S2. The number of sulfone groups is 1. The van der Waals surface area contributed by atoms with Gasteiger partial charge in [-0.25, -0.2) is 12.8 Å². The molecule has 2 aromatic carbocycles. The SMILES string of the molecule is O=S1(=O)C[C@@H]2N=C(SCc3ccc(Br)cc3F)N(c3ccccc3)[C@H]2C1. The topological polar surface area (TPSA) is 49.7 Å². The van der Waals surface area contributed by atoms with Crippen molar-refractivity contribution in [2.75, 3.05) is 16.4 Å². The summed E-state index contributed by atoms with van der Waals surface area (Å²) in [6.45, 7) is 0. The molecule has 0 saturated carbocycles. The van der Waals surface area contributed by atoms with E-state index in [0.717, 1.165) is 10.9 Å². The molecule has 1 fully saturated rings. The van der Waals surface area contributed by atoms with E-state index < -0.39 is 9.84 Å². The second kappa shape index (κ2) is 6.98. The van der Waals surface area contributed by atoms with Gasteiger partial charge in [0, 0.05) is 15.9 Å². The summed E-state index contributed by atoms with van der Waals surface area (Å²) >= 11 is 4.70. The van der Waals surface area contributed by atoms with Crippen LogP contribution in [0.2, 0.25) is 0 Å². The fourth-order valence-corrected chi connectivity index (χ4v) is 6.59. The van der Waals surface area contributed by atoms with Crippen LogP contribution in [0.25, 0.3) is 0 Å². The molecule has 0 amide bonds. The first kappa shape index (κ1) is 18.0. The summed E-state index contributed by atoms with van der Waals surface area (Å²) in [6.07, 6.45) is 0. The van der Waals surface area contributed by atoms with Crippen molar-refractivity contribution in [3.63, 3.8) is 0 Å². The molecule has 0 radical (unpaired) electrons. The van der Waals surface area contributed by atoms with Gasteiger partial charge in [-0.1, -0.05) is 52.0 Å². The lowest BCUT2D eigenvalue weighted by molar-refractivity contribution is 0.601. The Kier molecular flexibility index (Phi) is 4.83. The van der Waals surface area contributed by atoms with Gasteiger partial charge in [0.15, 0.2) is 15.0 Å². The van der Waals surface area contributed by atoms with Gasteiger partial charge in [0.05, 0.1) is 23.6 Å². The van der Waals surface area contributed by atoms with E-state index in [1.165, 1.54) is 17.8 Å². The van der Waals surface area contributed by atoms with Gasteiger partial charge in [-0.2, -0.15) is 0 Å². The number of thioether (sulfide) groups is 1. The summed E-state index contributed by atoms with van der Waals surface area (Å²) in [5.41, 5.74) is 1.51. The quantitative estimate of drug-likeness (QED) is 0.706. The summed E-state index contributed by atoms with van der Waals surface area (Å²) in [5.74, 6) is 0.359. The number of benzene rings is 2. The van der Waals surface area contributed by atoms with E-state index in [4.69, 9.17) is 0 Å². The number of hydrogen-bond donors (Lipinski definition) is 0. The highest BCUT2D eigenvalue weighted by Gasteiger charge is 2.47. The Morgan fingerprint density at radius 3 is 2.69 bits per heavy atom. The molecule has 2 aliphatic heterocycles. The van der Waals surface area contributed by atoms with Crippen molar-refractivity contribution in [1.82, 2.24) is 0 Å². The molecule has 0 bridgehead atoms. The zero-order chi connectivity index (χ0) is 18.3. The highest BCUT2D eigenvalue weighted by molar-refractivity contribution is 9.10. The largest absolute Gasteiger partial charge is 0.315 e. The Labute approximate surface area is 164 Å². The minimum absolute atomic E-state index is 0.0811. The fourth-order valence-electron chi connectivity index (χ4n) is 3.30. The van der Waals surface area contributed by atoms with E-state index in [-0.39, 0.29) is 29.4 Å². The zero-order valence-electron chi connectivity index (χ0n) is 13.7. The molecule has 0 aromatic heterocycles. The summed E-state index contributed by atoms with van der Waals surface area (Å²) < 4.78 is 38.9. The van der Waals surface area contributed by atoms with Gasteiger partial charge in [-0.3, -0.25) is 4.99 Å². The van der Waals surface area contributed by atoms with E-state index >= 15 is 0 Å². The Hall–Kier alpha value is -1.38. The first-order valence-corrected chi connectivity index (χ1v) is 11.7. The van der Waals surface area contributed by atoms with Gasteiger partial charge in [0.1, 0.15) is 5.82 Å². The zero-order valence-corrected chi connectivity index (χ0v) is 16.9. The van der Waals surface area contributed by atoms with Crippen LogP contribution in [0.15, 0.2) is 58.0 Å². The Bertz CT molecular complexity index is 966. The van der Waals surface area contributed by atoms with Crippen molar-refractivity contribution in [1.29, 1.82) is 0 Å². The highest BCUT2D eigenvalue weighted by atomic mass is 79.9. The number of anilines is 1. The van der Waals surface area contributed by atoms with Crippen molar-refractivity contribution in [3.8, 4) is 0 Å². The molecule has 0 aliphatic carbocycles. The van der Waals surface area contributed by atoms with Crippen LogP contribution in [0.5, 0.6) is 0 Å². The molecule has 136 valence electrons. The first-order chi connectivity index (χ1) is 12.4. The molecule has 0 unspecified atom stereocenters. The second-order valence-electron chi connectivity index (χ2n) is 6.35. The van der Waals surface area contributed by atoms with Crippen LogP contribution < -0.4 is 4.90 Å². The smallest absolute Gasteiger partial charge is 0.164 e. The normalized spacial score (nSPS) is 23.8. The summed E-state index contributed by atoms with van der Waals surface area (Å²) in [7, 11) is -3.07. The molecule has 0 N–H and O–H groups in total. The van der Waals surface area contributed by atoms with Gasteiger partial charge in [-0.15, -0.1) is 0 Å². The average molecular weight is 455 g/mol. The summed E-state index contributed by atoms with van der Waals surface area (Å²) in [5, 5.41) is 0.753. The van der Waals surface area contributed by atoms with Crippen molar-refractivity contribution >= 4 is 48.4 Å². The van der Waals surface area contributed by atoms with Crippen molar-refractivity contribution in [2.45, 2.75) is 17.8 Å². The van der Waals surface area contributed by atoms with Gasteiger partial charge >= 0.3 is 0 Å². The van der Waals surface area contributed by atoms with Crippen LogP contribution in [0.3, 0.4) is 0 Å². The number of aliphatic imine (C=N–C) groups is 1. The molecule has 1 saturated heterocycles. The second-order valence-corrected chi connectivity index (χ2v) is 10.4. The van der Waals surface area contributed by atoms with Crippen LogP contribution in [0.4, 0.5) is 10.1 Å². The third-order valence-corrected chi connectivity index (χ3v) is 7.72. The Balaban J connectivity index is 1.61. The molecular weight excluding hydrogens is 439 g/mol. The van der Waals surface area contributed by atoms with Gasteiger partial charge in [-0.05, 0) is 29.8 Å². The molecule has 2 heterocycles. The third-order valence-electron chi connectivity index (χ3n) is 4.51. The lowest BCUT2D eigenvalue weighted by Crippen LogP contribution is -2.39. The molecule has 4 rings (SSSR count). The lowest BCUT2D eigenvalue weighted by Gasteiger charge is -2.26. The first-order valence-electron chi connectivity index (χ1n) is 8.12. The van der Waals surface area contributed by atoms with Crippen molar-refractivity contribution in [3.05, 3.63) is 64.4 Å². The molecule has 2 aromatic rings. The van der Waals surface area contributed by atoms with E-state index in [9.17, 15) is 12.8 Å². The number of hydrogen-bond acceptors (Lipinski definition) is 5. The summed E-state index contributed by atoms with van der Waals surface area (Å²) in [6, 6.07) is 14.2. The molecule has 8 heteroatoms. The van der Waals surface area contributed by atoms with Crippen LogP contribution in [-0.4, -0.2) is 37.2 Å². The van der Waals surface area contributed by atoms with Crippen molar-refractivity contribution < 1.29 is 12.8 Å². The van der Waals surface area contributed by atoms with E-state index in [1.54, 1.807) is 6.07 Å². The maximum atomic E-state index is 14.1. The maximum absolute atomic E-state index is 14.1. The number of rotatable bonds is 3. The summed E-state index contributed by atoms with van der Waals surface area (Å²) in [4.78, 5) is 6.66. The van der Waals surface area contributed by atoms with Crippen LogP contribution >= 0.6 is 27.7 Å². The van der Waals surface area contributed by atoms with Crippen LogP contribution in [0.1, 0.15) is 5.56 Å². The third kappa shape index (κ3) is 3.54. The number of para-hydroxylation sites is 1. The van der Waals surface area contributed by atoms with Crippen molar-refractivity contribution in [2.24, 2.45) is 4.99 Å². The molecule has 2 aliphatic rings. The number of amidine groups is 1. The fraction of sp³-hybridized carbons (Fsp3) is 0.278. The molecule has 26 heavy (non-hydrogen) atoms. The predicted octanol–water partition coefficient (Wildman–Crippen LogP) is 3.86. The van der Waals surface area contributed by atoms with E-state index in [1.807, 2.05) is 41.3 Å². The monoisotopic (exact) mass is 454 g/mol. The number of nitrogens with zero attached hydrogens (tertiary/aromatic N) is 2. The minimum atomic E-state index is -3.07. The number of halogens is 2. The van der Waals surface area contributed by atoms with E-state index in [0.29, 0.717) is 15.8 Å². The van der Waals surface area contributed by atoms with Gasteiger partial charge in [0.25, 0.3) is 0 Å².